The van der Waals surface area contributed by atoms with Gasteiger partial charge in [0.15, 0.2) is 6.10 Å². The van der Waals surface area contributed by atoms with Crippen LogP contribution in [0.4, 0.5) is 0 Å². The van der Waals surface area contributed by atoms with E-state index in [-0.39, 0.29) is 31.1 Å². The highest BCUT2D eigenvalue weighted by molar-refractivity contribution is 5.71. The van der Waals surface area contributed by atoms with E-state index in [2.05, 4.69) is 179 Å². The zero-order valence-electron chi connectivity index (χ0n) is 50.1. The molecule has 1 unspecified atom stereocenters. The number of carbonyl (C=O) groups is 3. The van der Waals surface area contributed by atoms with Gasteiger partial charge in [-0.1, -0.05) is 256 Å². The molecule has 0 aromatic rings. The molecule has 0 aromatic heterocycles. The molecule has 0 radical (unpaired) electrons. The topological polar surface area (TPSA) is 78.9 Å². The Balaban J connectivity index is 4.47. The fourth-order valence-corrected chi connectivity index (χ4v) is 8.08. The van der Waals surface area contributed by atoms with Gasteiger partial charge >= 0.3 is 17.9 Å². The molecule has 0 fully saturated rings. The fourth-order valence-electron chi connectivity index (χ4n) is 8.08. The van der Waals surface area contributed by atoms with Crippen LogP contribution < -0.4 is 0 Å². The minimum Gasteiger partial charge on any atom is -0.462 e. The molecule has 78 heavy (non-hydrogen) atoms. The standard InChI is InChI=1S/C72H114O6/c1-4-7-10-13-16-19-22-25-28-30-32-34-35-36-37-39-40-42-44-47-50-53-56-59-62-65-71(74)77-68-69(67-76-70(73)64-61-58-55-52-49-46-27-24-21-18-15-12-9-6-3)78-72(75)66-63-60-57-54-51-48-45-43-41-38-33-31-29-26-23-20-17-14-11-8-5-2/h7-8,10-11,15-20,24-29,32-34,36-38,40,42-43,45,69H,4-6,9,12-14,21-23,30-31,35,39,41,44,46-68H2,1-3H3/b10-7-,11-8-,18-15-,19-16-,20-17-,27-24-,28-25-,29-26-,34-32-,37-36-,38-33-,42-40-,45-43-. The van der Waals surface area contributed by atoms with E-state index in [0.29, 0.717) is 19.3 Å². The lowest BCUT2D eigenvalue weighted by Crippen LogP contribution is -2.30. The van der Waals surface area contributed by atoms with Gasteiger partial charge in [0.05, 0.1) is 0 Å². The van der Waals surface area contributed by atoms with Crippen LogP contribution in [0.2, 0.25) is 0 Å². The first-order valence-electron chi connectivity index (χ1n) is 31.5. The van der Waals surface area contributed by atoms with Crippen LogP contribution in [0.5, 0.6) is 0 Å². The van der Waals surface area contributed by atoms with E-state index < -0.39 is 6.10 Å². The molecule has 438 valence electrons. The Hall–Kier alpha value is -4.97. The second-order valence-corrected chi connectivity index (χ2v) is 20.2. The fraction of sp³-hybridized carbons (Fsp3) is 0.597. The summed E-state index contributed by atoms with van der Waals surface area (Å²) in [7, 11) is 0. The first-order valence-corrected chi connectivity index (χ1v) is 31.5. The van der Waals surface area contributed by atoms with E-state index in [1.807, 2.05) is 0 Å². The maximum absolute atomic E-state index is 12.9. The van der Waals surface area contributed by atoms with Gasteiger partial charge in [-0.25, -0.2) is 0 Å². The van der Waals surface area contributed by atoms with E-state index in [0.717, 1.165) is 186 Å². The Morgan fingerprint density at radius 1 is 0.269 bits per heavy atom. The molecular formula is C72H114O6. The third-order valence-corrected chi connectivity index (χ3v) is 12.7. The van der Waals surface area contributed by atoms with Gasteiger partial charge in [0.25, 0.3) is 0 Å². The number of ether oxygens (including phenoxy) is 3. The molecule has 0 aliphatic heterocycles. The molecule has 0 aromatic carbocycles. The van der Waals surface area contributed by atoms with Gasteiger partial charge < -0.3 is 14.2 Å². The average molecular weight is 1080 g/mol. The molecule has 6 heteroatoms. The van der Waals surface area contributed by atoms with Crippen molar-refractivity contribution in [3.8, 4) is 0 Å². The summed E-state index contributed by atoms with van der Waals surface area (Å²) in [5, 5.41) is 0. The summed E-state index contributed by atoms with van der Waals surface area (Å²) < 4.78 is 16.9. The van der Waals surface area contributed by atoms with Crippen molar-refractivity contribution in [2.75, 3.05) is 13.2 Å². The average Bonchev–Trinajstić information content (AvgIpc) is 3.44. The minimum atomic E-state index is -0.810. The van der Waals surface area contributed by atoms with Gasteiger partial charge in [-0.15, -0.1) is 0 Å². The van der Waals surface area contributed by atoms with E-state index >= 15 is 0 Å². The van der Waals surface area contributed by atoms with Crippen LogP contribution >= 0.6 is 0 Å². The number of carbonyl (C=O) groups excluding carboxylic acids is 3. The Bertz CT molecular complexity index is 1760. The number of rotatable bonds is 55. The number of hydrogen-bond acceptors (Lipinski definition) is 6. The van der Waals surface area contributed by atoms with Crippen LogP contribution in [0.25, 0.3) is 0 Å². The number of hydrogen-bond donors (Lipinski definition) is 0. The van der Waals surface area contributed by atoms with Gasteiger partial charge in [-0.2, -0.15) is 0 Å². The molecule has 0 aliphatic rings. The third kappa shape index (κ3) is 61.9. The van der Waals surface area contributed by atoms with Crippen LogP contribution in [0, 0.1) is 0 Å². The molecule has 0 bridgehead atoms. The van der Waals surface area contributed by atoms with Gasteiger partial charge in [0.2, 0.25) is 0 Å². The molecule has 0 saturated carbocycles. The van der Waals surface area contributed by atoms with Crippen LogP contribution in [-0.2, 0) is 28.6 Å². The largest absolute Gasteiger partial charge is 0.462 e. The molecule has 0 heterocycles. The van der Waals surface area contributed by atoms with Crippen LogP contribution in [0.15, 0.2) is 158 Å². The van der Waals surface area contributed by atoms with Crippen molar-refractivity contribution < 1.29 is 28.6 Å². The van der Waals surface area contributed by atoms with E-state index in [1.54, 1.807) is 0 Å². The van der Waals surface area contributed by atoms with E-state index in [4.69, 9.17) is 14.2 Å². The summed E-state index contributed by atoms with van der Waals surface area (Å²) >= 11 is 0. The maximum Gasteiger partial charge on any atom is 0.306 e. The van der Waals surface area contributed by atoms with Crippen molar-refractivity contribution in [3.63, 3.8) is 0 Å². The minimum absolute atomic E-state index is 0.105. The lowest BCUT2D eigenvalue weighted by atomic mass is 10.1. The molecule has 0 spiro atoms. The van der Waals surface area contributed by atoms with E-state index in [1.165, 1.54) is 32.1 Å². The predicted molar refractivity (Wildman–Crippen MR) is 338 cm³/mol. The smallest absolute Gasteiger partial charge is 0.306 e. The zero-order chi connectivity index (χ0) is 56.4. The number of esters is 3. The highest BCUT2D eigenvalue weighted by Gasteiger charge is 2.19. The Morgan fingerprint density at radius 3 is 0.782 bits per heavy atom. The Morgan fingerprint density at radius 2 is 0.500 bits per heavy atom. The second kappa shape index (κ2) is 64.6. The predicted octanol–water partition coefficient (Wildman–Crippen LogP) is 21.7. The number of allylic oxidation sites excluding steroid dienone is 26. The van der Waals surface area contributed by atoms with Crippen LogP contribution in [0.3, 0.4) is 0 Å². The van der Waals surface area contributed by atoms with Crippen molar-refractivity contribution >= 4 is 17.9 Å². The highest BCUT2D eigenvalue weighted by Crippen LogP contribution is 2.14. The first-order chi connectivity index (χ1) is 38.5. The van der Waals surface area contributed by atoms with Gasteiger partial charge in [-0.3, -0.25) is 14.4 Å². The Labute approximate surface area is 480 Å². The third-order valence-electron chi connectivity index (χ3n) is 12.7. The SMILES string of the molecule is CC/C=C\C/C=C\C/C=C\C/C=C\C/C=C\C/C=C\CCCCCCCCC(=O)OCC(COC(=O)CCCCCCC/C=C\C/C=C\CCCC)OC(=O)CCCCCCC/C=C\C/C=C\C/C=C\C/C=C\C/C=C\CC. The van der Waals surface area contributed by atoms with Gasteiger partial charge in [0, 0.05) is 19.3 Å². The molecule has 1 atom stereocenters. The van der Waals surface area contributed by atoms with Gasteiger partial charge in [-0.05, 0) is 141 Å². The summed E-state index contributed by atoms with van der Waals surface area (Å²) in [6.07, 6.45) is 93.8. The van der Waals surface area contributed by atoms with Crippen LogP contribution in [-0.4, -0.2) is 37.2 Å². The monoisotopic (exact) mass is 1070 g/mol. The normalized spacial score (nSPS) is 13.2. The number of unbranched alkanes of at least 4 members (excludes halogenated alkanes) is 18. The van der Waals surface area contributed by atoms with E-state index in [9.17, 15) is 14.4 Å². The molecule has 0 amide bonds. The summed E-state index contributed by atoms with van der Waals surface area (Å²) in [4.78, 5) is 38.3. The zero-order valence-corrected chi connectivity index (χ0v) is 50.1. The molecule has 6 nitrogen and oxygen atoms in total. The summed E-state index contributed by atoms with van der Waals surface area (Å²) in [6.45, 7) is 6.33. The highest BCUT2D eigenvalue weighted by atomic mass is 16.6. The second-order valence-electron chi connectivity index (χ2n) is 20.2. The lowest BCUT2D eigenvalue weighted by molar-refractivity contribution is -0.167. The Kier molecular flexibility index (Phi) is 60.4. The molecule has 0 N–H and O–H groups in total. The molecular weight excluding hydrogens is 961 g/mol. The van der Waals surface area contributed by atoms with Crippen molar-refractivity contribution in [1.29, 1.82) is 0 Å². The summed E-state index contributed by atoms with van der Waals surface area (Å²) in [5.41, 5.74) is 0. The molecule has 0 aliphatic carbocycles. The van der Waals surface area contributed by atoms with Crippen molar-refractivity contribution in [2.45, 2.75) is 264 Å². The maximum atomic E-state index is 12.9. The summed E-state index contributed by atoms with van der Waals surface area (Å²) in [6, 6.07) is 0. The lowest BCUT2D eigenvalue weighted by Gasteiger charge is -2.18. The van der Waals surface area contributed by atoms with Crippen molar-refractivity contribution in [2.24, 2.45) is 0 Å². The molecule has 0 rings (SSSR count). The molecule has 0 saturated heterocycles. The quantitative estimate of drug-likeness (QED) is 0.0261. The first kappa shape index (κ1) is 73.0. The summed E-state index contributed by atoms with van der Waals surface area (Å²) in [5.74, 6) is -0.955. The van der Waals surface area contributed by atoms with Crippen molar-refractivity contribution in [3.05, 3.63) is 158 Å². The van der Waals surface area contributed by atoms with Crippen LogP contribution in [0.1, 0.15) is 258 Å². The van der Waals surface area contributed by atoms with Gasteiger partial charge in [0.1, 0.15) is 13.2 Å². The van der Waals surface area contributed by atoms with Crippen molar-refractivity contribution in [1.82, 2.24) is 0 Å².